The van der Waals surface area contributed by atoms with Crippen molar-refractivity contribution in [3.8, 4) is 0 Å². The summed E-state index contributed by atoms with van der Waals surface area (Å²) < 4.78 is 26.7. The lowest BCUT2D eigenvalue weighted by atomic mass is 10.1. The number of amides is 1. The van der Waals surface area contributed by atoms with Crippen LogP contribution in [0.25, 0.3) is 0 Å². The number of sulfonamides is 1. The fraction of sp³-hybridized carbons (Fsp3) is 0.533. The van der Waals surface area contributed by atoms with Crippen LogP contribution in [0.15, 0.2) is 29.2 Å². The molecule has 2 fully saturated rings. The van der Waals surface area contributed by atoms with Gasteiger partial charge in [0.2, 0.25) is 15.9 Å². The molecule has 0 aromatic heterocycles. The maximum Gasteiger partial charge on any atom is 0.243 e. The molecule has 1 aromatic carbocycles. The third-order valence-electron chi connectivity index (χ3n) is 4.28. The van der Waals surface area contributed by atoms with Crippen LogP contribution in [0.2, 0.25) is 0 Å². The van der Waals surface area contributed by atoms with E-state index in [9.17, 15) is 13.2 Å². The topological polar surface area (TPSA) is 83.7 Å². The van der Waals surface area contributed by atoms with E-state index in [1.807, 2.05) is 0 Å². The molecule has 1 unspecified atom stereocenters. The van der Waals surface area contributed by atoms with Gasteiger partial charge in [0.15, 0.2) is 0 Å². The van der Waals surface area contributed by atoms with Crippen molar-refractivity contribution in [2.45, 2.75) is 36.6 Å². The number of rotatable bonds is 3. The first-order valence-electron chi connectivity index (χ1n) is 7.64. The van der Waals surface area contributed by atoms with Crippen molar-refractivity contribution in [1.29, 1.82) is 0 Å². The highest BCUT2D eigenvalue weighted by Crippen LogP contribution is 2.25. The van der Waals surface area contributed by atoms with E-state index in [1.54, 1.807) is 29.2 Å². The Morgan fingerprint density at radius 1 is 1.09 bits per heavy atom. The number of anilines is 1. The van der Waals surface area contributed by atoms with E-state index in [0.29, 0.717) is 26.1 Å². The first-order chi connectivity index (χ1) is 10.5. The minimum atomic E-state index is -3.50. The summed E-state index contributed by atoms with van der Waals surface area (Å²) in [5.41, 5.74) is 6.63. The quantitative estimate of drug-likeness (QED) is 0.897. The minimum Gasteiger partial charge on any atom is -0.327 e. The first-order valence-corrected chi connectivity index (χ1v) is 9.08. The number of nitrogens with zero attached hydrogens (tertiary/aromatic N) is 2. The Morgan fingerprint density at radius 3 is 2.41 bits per heavy atom. The maximum absolute atomic E-state index is 12.6. The Bertz CT molecular complexity index is 657. The number of hydrogen-bond donors (Lipinski definition) is 1. The summed E-state index contributed by atoms with van der Waals surface area (Å²) in [4.78, 5) is 13.7. The Hall–Kier alpha value is -1.44. The molecule has 0 bridgehead atoms. The van der Waals surface area contributed by atoms with Gasteiger partial charge in [-0.15, -0.1) is 0 Å². The molecular formula is C15H21N3O3S. The van der Waals surface area contributed by atoms with Crippen molar-refractivity contribution in [1.82, 2.24) is 4.31 Å². The van der Waals surface area contributed by atoms with Gasteiger partial charge in [-0.05, 0) is 43.5 Å². The van der Waals surface area contributed by atoms with Gasteiger partial charge in [0.05, 0.1) is 4.90 Å². The molecule has 2 aliphatic rings. The van der Waals surface area contributed by atoms with Crippen LogP contribution >= 0.6 is 0 Å². The van der Waals surface area contributed by atoms with Crippen LogP contribution in [-0.2, 0) is 14.8 Å². The molecule has 0 radical (unpaired) electrons. The van der Waals surface area contributed by atoms with Gasteiger partial charge in [0.25, 0.3) is 0 Å². The smallest absolute Gasteiger partial charge is 0.243 e. The molecule has 0 saturated carbocycles. The molecule has 7 heteroatoms. The van der Waals surface area contributed by atoms with Crippen molar-refractivity contribution in [2.75, 3.05) is 24.5 Å². The number of benzene rings is 1. The molecular weight excluding hydrogens is 302 g/mol. The predicted octanol–water partition coefficient (Wildman–Crippen LogP) is 0.925. The molecule has 0 aliphatic carbocycles. The van der Waals surface area contributed by atoms with Gasteiger partial charge in [-0.25, -0.2) is 8.42 Å². The zero-order valence-corrected chi connectivity index (χ0v) is 13.3. The van der Waals surface area contributed by atoms with Crippen molar-refractivity contribution >= 4 is 21.6 Å². The number of carbonyl (C=O) groups excluding carboxylic acids is 1. The van der Waals surface area contributed by atoms with Gasteiger partial charge in [-0.2, -0.15) is 4.31 Å². The molecule has 2 heterocycles. The fourth-order valence-electron chi connectivity index (χ4n) is 3.06. The van der Waals surface area contributed by atoms with Crippen molar-refractivity contribution in [2.24, 2.45) is 5.73 Å². The second-order valence-corrected chi connectivity index (χ2v) is 7.85. The monoisotopic (exact) mass is 323 g/mol. The Kier molecular flexibility index (Phi) is 4.20. The van der Waals surface area contributed by atoms with Gasteiger partial charge >= 0.3 is 0 Å². The summed E-state index contributed by atoms with van der Waals surface area (Å²) in [6, 6.07) is 6.48. The number of nitrogens with two attached hydrogens (primary N) is 1. The predicted molar refractivity (Wildman–Crippen MR) is 84.0 cm³/mol. The second kappa shape index (κ2) is 5.98. The van der Waals surface area contributed by atoms with Gasteiger partial charge in [-0.1, -0.05) is 0 Å². The molecule has 2 aliphatic heterocycles. The maximum atomic E-state index is 12.6. The lowest BCUT2D eigenvalue weighted by Crippen LogP contribution is -2.45. The highest BCUT2D eigenvalue weighted by atomic mass is 32.2. The highest BCUT2D eigenvalue weighted by molar-refractivity contribution is 7.89. The third-order valence-corrected chi connectivity index (χ3v) is 6.16. The summed E-state index contributed by atoms with van der Waals surface area (Å²) in [6.45, 7) is 1.59. The molecule has 6 nitrogen and oxygen atoms in total. The Morgan fingerprint density at radius 2 is 1.82 bits per heavy atom. The molecule has 1 atom stereocenters. The average molecular weight is 323 g/mol. The van der Waals surface area contributed by atoms with Gasteiger partial charge in [0.1, 0.15) is 0 Å². The number of carbonyl (C=O) groups is 1. The van der Waals surface area contributed by atoms with Crippen molar-refractivity contribution < 1.29 is 13.2 Å². The van der Waals surface area contributed by atoms with Crippen molar-refractivity contribution in [3.63, 3.8) is 0 Å². The van der Waals surface area contributed by atoms with Gasteiger partial charge in [-0.3, -0.25) is 4.79 Å². The van der Waals surface area contributed by atoms with Crippen LogP contribution in [0.3, 0.4) is 0 Å². The third kappa shape index (κ3) is 2.88. The minimum absolute atomic E-state index is 0.0926. The van der Waals surface area contributed by atoms with Gasteiger partial charge in [0, 0.05) is 37.8 Å². The van der Waals surface area contributed by atoms with Crippen LogP contribution in [0.1, 0.15) is 25.7 Å². The molecule has 0 spiro atoms. The van der Waals surface area contributed by atoms with Crippen LogP contribution in [0, 0.1) is 0 Å². The highest BCUT2D eigenvalue weighted by Gasteiger charge is 2.29. The molecule has 1 amide bonds. The Labute approximate surface area is 130 Å². The summed E-state index contributed by atoms with van der Waals surface area (Å²) >= 11 is 0. The van der Waals surface area contributed by atoms with Gasteiger partial charge < -0.3 is 10.6 Å². The standard InChI is InChI=1S/C15H21N3O3S/c16-12-3-1-9-17(11-12)22(20,21)14-7-5-13(6-8-14)18-10-2-4-15(18)19/h5-8,12H,1-4,9-11,16H2. The summed E-state index contributed by atoms with van der Waals surface area (Å²) in [7, 11) is -3.50. The SMILES string of the molecule is NC1CCCN(S(=O)(=O)c2ccc(N3CCCC3=O)cc2)C1. The van der Waals surface area contributed by atoms with Crippen LogP contribution < -0.4 is 10.6 Å². The van der Waals surface area contributed by atoms with Crippen molar-refractivity contribution in [3.05, 3.63) is 24.3 Å². The zero-order chi connectivity index (χ0) is 15.7. The van der Waals surface area contributed by atoms with E-state index in [0.717, 1.165) is 24.9 Å². The summed E-state index contributed by atoms with van der Waals surface area (Å²) in [6.07, 6.45) is 3.07. The first kappa shape index (κ1) is 15.5. The number of piperidine rings is 1. The molecule has 2 saturated heterocycles. The average Bonchev–Trinajstić information content (AvgIpc) is 2.93. The van der Waals surface area contributed by atoms with E-state index >= 15 is 0 Å². The van der Waals surface area contributed by atoms with E-state index in [-0.39, 0.29) is 16.8 Å². The lowest BCUT2D eigenvalue weighted by Gasteiger charge is -2.30. The largest absolute Gasteiger partial charge is 0.327 e. The van der Waals surface area contributed by atoms with Crippen LogP contribution in [0.5, 0.6) is 0 Å². The normalized spacial score (nSPS) is 24.0. The van der Waals surface area contributed by atoms with E-state index in [4.69, 9.17) is 5.73 Å². The number of hydrogen-bond acceptors (Lipinski definition) is 4. The van der Waals surface area contributed by atoms with Crippen LogP contribution in [0.4, 0.5) is 5.69 Å². The Balaban J connectivity index is 1.81. The molecule has 2 N–H and O–H groups in total. The fourth-order valence-corrected chi connectivity index (χ4v) is 4.60. The van der Waals surface area contributed by atoms with E-state index in [1.165, 1.54) is 4.31 Å². The lowest BCUT2D eigenvalue weighted by molar-refractivity contribution is -0.117. The van der Waals surface area contributed by atoms with E-state index < -0.39 is 10.0 Å². The van der Waals surface area contributed by atoms with Crippen LogP contribution in [-0.4, -0.2) is 44.3 Å². The molecule has 1 aromatic rings. The van der Waals surface area contributed by atoms with E-state index in [2.05, 4.69) is 0 Å². The molecule has 22 heavy (non-hydrogen) atoms. The summed E-state index contributed by atoms with van der Waals surface area (Å²) in [5.74, 6) is 0.0950. The zero-order valence-electron chi connectivity index (χ0n) is 12.4. The molecule has 120 valence electrons. The molecule has 3 rings (SSSR count). The summed E-state index contributed by atoms with van der Waals surface area (Å²) in [5, 5.41) is 0. The second-order valence-electron chi connectivity index (χ2n) is 5.91.